The van der Waals surface area contributed by atoms with E-state index in [2.05, 4.69) is 15.0 Å². The van der Waals surface area contributed by atoms with Crippen molar-refractivity contribution in [3.8, 4) is 0 Å². The van der Waals surface area contributed by atoms with Gasteiger partial charge in [0.2, 0.25) is 0 Å². The van der Waals surface area contributed by atoms with E-state index in [1.807, 2.05) is 19.9 Å². The van der Waals surface area contributed by atoms with Crippen LogP contribution < -0.4 is 5.73 Å². The zero-order chi connectivity index (χ0) is 9.42. The molecular formula is C9H12N4. The number of rotatable bonds is 1. The van der Waals surface area contributed by atoms with Crippen molar-refractivity contribution >= 4 is 11.2 Å². The number of fused-ring (bicyclic) bond motifs is 1. The van der Waals surface area contributed by atoms with E-state index in [1.54, 1.807) is 6.20 Å². The lowest BCUT2D eigenvalue weighted by atomic mass is 10.3. The van der Waals surface area contributed by atoms with Gasteiger partial charge in [-0.25, -0.2) is 9.97 Å². The minimum Gasteiger partial charge on any atom is -0.339 e. The number of aromatic nitrogens is 3. The summed E-state index contributed by atoms with van der Waals surface area (Å²) in [6.07, 6.45) is 1.75. The summed E-state index contributed by atoms with van der Waals surface area (Å²) < 4.78 is 0. The number of hydrogen-bond donors (Lipinski definition) is 2. The number of pyridine rings is 1. The lowest BCUT2D eigenvalue weighted by molar-refractivity contribution is 0.759. The fraction of sp³-hybridized carbons (Fsp3) is 0.333. The van der Waals surface area contributed by atoms with E-state index >= 15 is 0 Å². The molecule has 0 fully saturated rings. The zero-order valence-electron chi connectivity index (χ0n) is 7.70. The third-order valence-corrected chi connectivity index (χ3v) is 2.05. The summed E-state index contributed by atoms with van der Waals surface area (Å²) in [6, 6.07) is 1.87. The summed E-state index contributed by atoms with van der Waals surface area (Å²) in [6.45, 7) is 3.92. The maximum atomic E-state index is 5.71. The van der Waals surface area contributed by atoms with Crippen LogP contribution in [0.1, 0.15) is 24.4 Å². The second-order valence-electron chi connectivity index (χ2n) is 3.24. The number of nitrogens with zero attached hydrogens (tertiary/aromatic N) is 2. The minimum absolute atomic E-state index is 0.0754. The molecule has 0 aliphatic rings. The molecule has 3 N–H and O–H groups in total. The quantitative estimate of drug-likeness (QED) is 0.687. The van der Waals surface area contributed by atoms with Gasteiger partial charge < -0.3 is 10.7 Å². The van der Waals surface area contributed by atoms with E-state index < -0.39 is 0 Å². The van der Waals surface area contributed by atoms with E-state index in [9.17, 15) is 0 Å². The van der Waals surface area contributed by atoms with Crippen molar-refractivity contribution in [1.29, 1.82) is 0 Å². The van der Waals surface area contributed by atoms with Crippen molar-refractivity contribution in [2.45, 2.75) is 19.9 Å². The van der Waals surface area contributed by atoms with Crippen molar-refractivity contribution < 1.29 is 0 Å². The summed E-state index contributed by atoms with van der Waals surface area (Å²) in [5, 5.41) is 0. The Hall–Kier alpha value is -1.42. The van der Waals surface area contributed by atoms with E-state index in [4.69, 9.17) is 5.73 Å². The molecule has 0 bridgehead atoms. The molecule has 2 aromatic rings. The van der Waals surface area contributed by atoms with Crippen molar-refractivity contribution in [1.82, 2.24) is 15.0 Å². The Morgan fingerprint density at radius 1 is 1.54 bits per heavy atom. The minimum atomic E-state index is -0.0754. The van der Waals surface area contributed by atoms with Crippen LogP contribution in [-0.4, -0.2) is 15.0 Å². The maximum Gasteiger partial charge on any atom is 0.178 e. The molecule has 0 saturated carbocycles. The molecule has 13 heavy (non-hydrogen) atoms. The SMILES string of the molecule is Cc1ccnc2nc(C(C)N)[nH]c12. The number of imidazole rings is 1. The Labute approximate surface area is 76.2 Å². The molecule has 0 spiro atoms. The Bertz CT molecular complexity index is 430. The van der Waals surface area contributed by atoms with Crippen LogP contribution in [0.5, 0.6) is 0 Å². The number of H-pyrrole nitrogens is 1. The van der Waals surface area contributed by atoms with Crippen LogP contribution in [-0.2, 0) is 0 Å². The third-order valence-electron chi connectivity index (χ3n) is 2.05. The van der Waals surface area contributed by atoms with Gasteiger partial charge in [0.05, 0.1) is 11.6 Å². The molecule has 0 amide bonds. The van der Waals surface area contributed by atoms with Gasteiger partial charge in [0.25, 0.3) is 0 Å². The lowest BCUT2D eigenvalue weighted by Gasteiger charge is -1.96. The van der Waals surface area contributed by atoms with Crippen molar-refractivity contribution in [3.63, 3.8) is 0 Å². The lowest BCUT2D eigenvalue weighted by Crippen LogP contribution is -2.06. The summed E-state index contributed by atoms with van der Waals surface area (Å²) in [4.78, 5) is 11.6. The zero-order valence-corrected chi connectivity index (χ0v) is 7.70. The van der Waals surface area contributed by atoms with Crippen molar-refractivity contribution in [2.75, 3.05) is 0 Å². The fourth-order valence-electron chi connectivity index (χ4n) is 1.27. The number of hydrogen-bond acceptors (Lipinski definition) is 3. The number of aromatic amines is 1. The molecule has 0 aromatic carbocycles. The summed E-state index contributed by atoms with van der Waals surface area (Å²) in [5.74, 6) is 0.789. The van der Waals surface area contributed by atoms with Crippen LogP contribution in [0.15, 0.2) is 12.3 Å². The molecule has 1 atom stereocenters. The molecule has 4 heteroatoms. The first kappa shape index (κ1) is 8.19. The molecule has 2 aromatic heterocycles. The average molecular weight is 176 g/mol. The van der Waals surface area contributed by atoms with Gasteiger partial charge >= 0.3 is 0 Å². The van der Waals surface area contributed by atoms with Gasteiger partial charge in [-0.15, -0.1) is 0 Å². The molecule has 0 aliphatic heterocycles. The first-order valence-electron chi connectivity index (χ1n) is 4.25. The first-order chi connectivity index (χ1) is 6.18. The highest BCUT2D eigenvalue weighted by Crippen LogP contribution is 2.15. The number of nitrogens with one attached hydrogen (secondary N) is 1. The van der Waals surface area contributed by atoms with Gasteiger partial charge in [-0.1, -0.05) is 0 Å². The van der Waals surface area contributed by atoms with E-state index in [0.29, 0.717) is 0 Å². The van der Waals surface area contributed by atoms with Gasteiger partial charge in [0.15, 0.2) is 5.65 Å². The summed E-state index contributed by atoms with van der Waals surface area (Å²) in [5.41, 5.74) is 8.57. The number of nitrogens with two attached hydrogens (primary N) is 1. The molecule has 4 nitrogen and oxygen atoms in total. The second kappa shape index (κ2) is 2.81. The van der Waals surface area contributed by atoms with E-state index in [1.165, 1.54) is 0 Å². The van der Waals surface area contributed by atoms with Crippen LogP contribution in [0.25, 0.3) is 11.2 Å². The predicted octanol–water partition coefficient (Wildman–Crippen LogP) is 1.29. The Kier molecular flexibility index (Phi) is 1.77. The topological polar surface area (TPSA) is 67.6 Å². The molecule has 2 heterocycles. The molecule has 0 aliphatic carbocycles. The van der Waals surface area contributed by atoms with Crippen LogP contribution >= 0.6 is 0 Å². The average Bonchev–Trinajstić information content (AvgIpc) is 2.49. The number of aryl methyl sites for hydroxylation is 1. The van der Waals surface area contributed by atoms with Crippen LogP contribution in [0.2, 0.25) is 0 Å². The summed E-state index contributed by atoms with van der Waals surface area (Å²) in [7, 11) is 0. The molecule has 68 valence electrons. The van der Waals surface area contributed by atoms with Gasteiger partial charge in [-0.3, -0.25) is 0 Å². The Morgan fingerprint density at radius 2 is 2.31 bits per heavy atom. The van der Waals surface area contributed by atoms with Gasteiger partial charge in [0.1, 0.15) is 5.82 Å². The van der Waals surface area contributed by atoms with Crippen LogP contribution in [0.3, 0.4) is 0 Å². The van der Waals surface area contributed by atoms with Crippen LogP contribution in [0.4, 0.5) is 0 Å². The maximum absolute atomic E-state index is 5.71. The monoisotopic (exact) mass is 176 g/mol. The smallest absolute Gasteiger partial charge is 0.178 e. The first-order valence-corrected chi connectivity index (χ1v) is 4.25. The van der Waals surface area contributed by atoms with E-state index in [0.717, 1.165) is 22.6 Å². The largest absolute Gasteiger partial charge is 0.339 e. The second-order valence-corrected chi connectivity index (χ2v) is 3.24. The van der Waals surface area contributed by atoms with Crippen LogP contribution in [0, 0.1) is 6.92 Å². The van der Waals surface area contributed by atoms with Gasteiger partial charge in [-0.2, -0.15) is 0 Å². The molecule has 0 saturated heterocycles. The molecule has 0 radical (unpaired) electrons. The van der Waals surface area contributed by atoms with E-state index in [-0.39, 0.29) is 6.04 Å². The molecule has 2 rings (SSSR count). The van der Waals surface area contributed by atoms with Gasteiger partial charge in [0, 0.05) is 6.20 Å². The fourth-order valence-corrected chi connectivity index (χ4v) is 1.27. The van der Waals surface area contributed by atoms with Crippen molar-refractivity contribution in [3.05, 3.63) is 23.7 Å². The highest BCUT2D eigenvalue weighted by Gasteiger charge is 2.07. The van der Waals surface area contributed by atoms with Gasteiger partial charge in [-0.05, 0) is 25.5 Å². The molecule has 1 unspecified atom stereocenters. The highest BCUT2D eigenvalue weighted by atomic mass is 15.0. The Morgan fingerprint density at radius 3 is 2.92 bits per heavy atom. The molecular weight excluding hydrogens is 164 g/mol. The predicted molar refractivity (Wildman–Crippen MR) is 51.2 cm³/mol. The Balaban J connectivity index is 2.68. The highest BCUT2D eigenvalue weighted by molar-refractivity contribution is 5.74. The normalized spacial score (nSPS) is 13.5. The van der Waals surface area contributed by atoms with Crippen molar-refractivity contribution in [2.24, 2.45) is 5.73 Å². The summed E-state index contributed by atoms with van der Waals surface area (Å²) >= 11 is 0. The third kappa shape index (κ3) is 1.29. The standard InChI is InChI=1S/C9H12N4/c1-5-3-4-11-9-7(5)12-8(13-9)6(2)10/h3-4,6H,10H2,1-2H3,(H,11,12,13).